The number of fused-ring (bicyclic) bond motifs is 1. The zero-order valence-electron chi connectivity index (χ0n) is 16.1. The van der Waals surface area contributed by atoms with Gasteiger partial charge >= 0.3 is 0 Å². The van der Waals surface area contributed by atoms with E-state index in [-0.39, 0.29) is 5.91 Å². The van der Waals surface area contributed by atoms with Gasteiger partial charge in [0.2, 0.25) is 0 Å². The number of carbonyl (C=O) groups is 1. The van der Waals surface area contributed by atoms with Gasteiger partial charge in [-0.1, -0.05) is 25.0 Å². The first kappa shape index (κ1) is 17.2. The van der Waals surface area contributed by atoms with Gasteiger partial charge in [0, 0.05) is 29.4 Å². The maximum Gasteiger partial charge on any atom is 0.251 e. The lowest BCUT2D eigenvalue weighted by Gasteiger charge is -2.13. The van der Waals surface area contributed by atoms with Crippen LogP contribution in [0.15, 0.2) is 36.7 Å². The highest BCUT2D eigenvalue weighted by molar-refractivity contribution is 5.96. The van der Waals surface area contributed by atoms with Gasteiger partial charge in [-0.3, -0.25) is 4.79 Å². The van der Waals surface area contributed by atoms with E-state index in [1.807, 2.05) is 37.5 Å². The first-order valence-corrected chi connectivity index (χ1v) is 10.2. The lowest BCUT2D eigenvalue weighted by molar-refractivity contribution is 0.0950. The summed E-state index contributed by atoms with van der Waals surface area (Å²) >= 11 is 0. The predicted octanol–water partition coefficient (Wildman–Crippen LogP) is 3.95. The molecular formula is C22H25N5O. The molecule has 0 spiro atoms. The Morgan fingerprint density at radius 1 is 1.11 bits per heavy atom. The molecule has 144 valence electrons. The molecule has 2 fully saturated rings. The van der Waals surface area contributed by atoms with Gasteiger partial charge in [0.15, 0.2) is 5.65 Å². The zero-order chi connectivity index (χ0) is 19.1. The zero-order valence-corrected chi connectivity index (χ0v) is 16.1. The summed E-state index contributed by atoms with van der Waals surface area (Å²) in [6.07, 6.45) is 11.0. The van der Waals surface area contributed by atoms with E-state index in [2.05, 4.69) is 21.8 Å². The van der Waals surface area contributed by atoms with Crippen molar-refractivity contribution in [2.75, 3.05) is 5.32 Å². The average molecular weight is 375 g/mol. The molecule has 0 radical (unpaired) electrons. The third kappa shape index (κ3) is 3.35. The second-order valence-electron chi connectivity index (χ2n) is 8.04. The molecule has 2 aromatic heterocycles. The van der Waals surface area contributed by atoms with Gasteiger partial charge in [-0.25, -0.2) is 9.50 Å². The van der Waals surface area contributed by atoms with Gasteiger partial charge in [0.05, 0.1) is 6.20 Å². The SMILES string of the molecule is Cc1cc(-c2cnn3ccc(NC4CCCC4)nc23)ccc1C(=O)NC1CC1. The van der Waals surface area contributed by atoms with E-state index < -0.39 is 0 Å². The molecule has 0 bridgehead atoms. The number of aromatic nitrogens is 3. The van der Waals surface area contributed by atoms with E-state index in [0.717, 1.165) is 46.6 Å². The Morgan fingerprint density at radius 3 is 2.68 bits per heavy atom. The summed E-state index contributed by atoms with van der Waals surface area (Å²) < 4.78 is 1.80. The van der Waals surface area contributed by atoms with Crippen molar-refractivity contribution in [3.05, 3.63) is 47.8 Å². The first-order chi connectivity index (χ1) is 13.7. The van der Waals surface area contributed by atoms with Crippen LogP contribution in [0.3, 0.4) is 0 Å². The molecule has 0 unspecified atom stereocenters. The van der Waals surface area contributed by atoms with Gasteiger partial charge in [0.1, 0.15) is 5.82 Å². The minimum atomic E-state index is 0.0209. The number of carbonyl (C=O) groups excluding carboxylic acids is 1. The van der Waals surface area contributed by atoms with Crippen LogP contribution in [0.2, 0.25) is 0 Å². The van der Waals surface area contributed by atoms with Gasteiger partial charge in [0.25, 0.3) is 5.91 Å². The number of anilines is 1. The molecule has 2 N–H and O–H groups in total. The van der Waals surface area contributed by atoms with E-state index in [0.29, 0.717) is 12.1 Å². The first-order valence-electron chi connectivity index (χ1n) is 10.2. The Hall–Kier alpha value is -2.89. The van der Waals surface area contributed by atoms with E-state index in [4.69, 9.17) is 4.98 Å². The number of nitrogens with one attached hydrogen (secondary N) is 2. The Balaban J connectivity index is 1.44. The summed E-state index contributed by atoms with van der Waals surface area (Å²) in [5, 5.41) is 11.1. The summed E-state index contributed by atoms with van der Waals surface area (Å²) in [5.41, 5.74) is 4.55. The molecule has 0 saturated heterocycles. The van der Waals surface area contributed by atoms with Crippen LogP contribution in [0.5, 0.6) is 0 Å². The molecule has 28 heavy (non-hydrogen) atoms. The largest absolute Gasteiger partial charge is 0.367 e. The van der Waals surface area contributed by atoms with Gasteiger partial charge in [-0.2, -0.15) is 5.10 Å². The summed E-state index contributed by atoms with van der Waals surface area (Å²) in [5.74, 6) is 0.922. The third-order valence-electron chi connectivity index (χ3n) is 5.77. The van der Waals surface area contributed by atoms with Crippen molar-refractivity contribution in [2.45, 2.75) is 57.5 Å². The van der Waals surface area contributed by atoms with Crippen LogP contribution in [0.25, 0.3) is 16.8 Å². The molecule has 2 heterocycles. The van der Waals surface area contributed by atoms with Crippen molar-refractivity contribution in [1.82, 2.24) is 19.9 Å². The highest BCUT2D eigenvalue weighted by Crippen LogP contribution is 2.28. The summed E-state index contributed by atoms with van der Waals surface area (Å²) in [7, 11) is 0. The molecule has 6 nitrogen and oxygen atoms in total. The number of aryl methyl sites for hydroxylation is 1. The van der Waals surface area contributed by atoms with Crippen molar-refractivity contribution in [1.29, 1.82) is 0 Å². The van der Waals surface area contributed by atoms with Crippen LogP contribution in [-0.2, 0) is 0 Å². The van der Waals surface area contributed by atoms with Crippen LogP contribution in [0.1, 0.15) is 54.4 Å². The van der Waals surface area contributed by atoms with E-state index in [1.165, 1.54) is 25.7 Å². The van der Waals surface area contributed by atoms with Crippen LogP contribution < -0.4 is 10.6 Å². The van der Waals surface area contributed by atoms with Crippen LogP contribution in [0.4, 0.5) is 5.82 Å². The number of rotatable bonds is 5. The van der Waals surface area contributed by atoms with Crippen LogP contribution in [-0.4, -0.2) is 32.6 Å². The molecule has 2 aliphatic rings. The average Bonchev–Trinajstić information content (AvgIpc) is 3.17. The number of hydrogen-bond donors (Lipinski definition) is 2. The Morgan fingerprint density at radius 2 is 1.93 bits per heavy atom. The fourth-order valence-electron chi connectivity index (χ4n) is 4.01. The van der Waals surface area contributed by atoms with Gasteiger partial charge < -0.3 is 10.6 Å². The van der Waals surface area contributed by atoms with E-state index >= 15 is 0 Å². The van der Waals surface area contributed by atoms with Crippen molar-refractivity contribution in [3.63, 3.8) is 0 Å². The smallest absolute Gasteiger partial charge is 0.251 e. The van der Waals surface area contributed by atoms with Crippen LogP contribution in [0, 0.1) is 6.92 Å². The molecule has 1 amide bonds. The van der Waals surface area contributed by atoms with Crippen molar-refractivity contribution < 1.29 is 4.79 Å². The normalized spacial score (nSPS) is 17.2. The van der Waals surface area contributed by atoms with Crippen molar-refractivity contribution in [2.24, 2.45) is 0 Å². The van der Waals surface area contributed by atoms with E-state index in [9.17, 15) is 4.79 Å². The minimum absolute atomic E-state index is 0.0209. The molecule has 3 aromatic rings. The number of amides is 1. The highest BCUT2D eigenvalue weighted by atomic mass is 16.1. The Kier molecular flexibility index (Phi) is 4.26. The molecular weight excluding hydrogens is 350 g/mol. The summed E-state index contributed by atoms with van der Waals surface area (Å²) in [6, 6.07) is 8.82. The standard InChI is InChI=1S/C22H25N5O/c1-14-12-15(6-9-18(14)22(28)25-17-7-8-17)19-13-23-27-11-10-20(26-21(19)27)24-16-4-2-3-5-16/h6,9-13,16-17H,2-5,7-8H2,1H3,(H,24,26)(H,25,28). The maximum absolute atomic E-state index is 12.4. The third-order valence-corrected chi connectivity index (χ3v) is 5.77. The maximum atomic E-state index is 12.4. The van der Waals surface area contributed by atoms with E-state index in [1.54, 1.807) is 4.52 Å². The highest BCUT2D eigenvalue weighted by Gasteiger charge is 2.24. The molecule has 2 aliphatic carbocycles. The lowest BCUT2D eigenvalue weighted by atomic mass is 10.0. The minimum Gasteiger partial charge on any atom is -0.367 e. The molecule has 1 aromatic carbocycles. The second-order valence-corrected chi connectivity index (χ2v) is 8.04. The molecule has 2 saturated carbocycles. The number of hydrogen-bond acceptors (Lipinski definition) is 4. The molecule has 5 rings (SSSR count). The van der Waals surface area contributed by atoms with Gasteiger partial charge in [-0.15, -0.1) is 0 Å². The van der Waals surface area contributed by atoms with Gasteiger partial charge in [-0.05, 0) is 55.9 Å². The summed E-state index contributed by atoms with van der Waals surface area (Å²) in [4.78, 5) is 17.2. The molecule has 6 heteroatoms. The monoisotopic (exact) mass is 375 g/mol. The number of benzene rings is 1. The van der Waals surface area contributed by atoms with Crippen molar-refractivity contribution >= 4 is 17.4 Å². The lowest BCUT2D eigenvalue weighted by Crippen LogP contribution is -2.26. The fraction of sp³-hybridized carbons (Fsp3) is 0.409. The Bertz CT molecular complexity index is 1030. The van der Waals surface area contributed by atoms with Crippen LogP contribution >= 0.6 is 0 Å². The fourth-order valence-corrected chi connectivity index (χ4v) is 4.01. The quantitative estimate of drug-likeness (QED) is 0.708. The van der Waals surface area contributed by atoms with Crippen molar-refractivity contribution in [3.8, 4) is 11.1 Å². The molecule has 0 aliphatic heterocycles. The predicted molar refractivity (Wildman–Crippen MR) is 110 cm³/mol. The second kappa shape index (κ2) is 6.93. The molecule has 0 atom stereocenters. The Labute approximate surface area is 164 Å². The number of nitrogens with zero attached hydrogens (tertiary/aromatic N) is 3. The summed E-state index contributed by atoms with van der Waals surface area (Å²) in [6.45, 7) is 1.98. The topological polar surface area (TPSA) is 71.3 Å².